The van der Waals surface area contributed by atoms with Gasteiger partial charge in [0, 0.05) is 12.3 Å². The lowest BCUT2D eigenvalue weighted by atomic mass is 10.1. The number of aromatic nitrogens is 1. The number of nitrogens with zero attached hydrogens (tertiary/aromatic N) is 4. The van der Waals surface area contributed by atoms with Gasteiger partial charge in [-0.2, -0.15) is 0 Å². The Bertz CT molecular complexity index is 1280. The molecule has 0 atom stereocenters. The summed E-state index contributed by atoms with van der Waals surface area (Å²) in [6.45, 7) is 1.87. The van der Waals surface area contributed by atoms with E-state index in [1.807, 2.05) is 25.1 Å². The summed E-state index contributed by atoms with van der Waals surface area (Å²) in [7, 11) is 0. The van der Waals surface area contributed by atoms with Crippen LogP contribution in [0, 0.1) is 37.3 Å². The molecule has 0 fully saturated rings. The van der Waals surface area contributed by atoms with Gasteiger partial charge in [-0.15, -0.1) is 0 Å². The van der Waals surface area contributed by atoms with Crippen LogP contribution in [-0.4, -0.2) is 24.9 Å². The van der Waals surface area contributed by atoms with Crippen molar-refractivity contribution in [2.45, 2.75) is 6.92 Å². The van der Waals surface area contributed by atoms with Crippen molar-refractivity contribution < 1.29 is 24.3 Å². The molecule has 4 aromatic rings. The average Bonchev–Trinajstić information content (AvgIpc) is 3.08. The number of nitro groups is 3. The van der Waals surface area contributed by atoms with E-state index in [1.54, 1.807) is 0 Å². The average molecular weight is 412 g/mol. The van der Waals surface area contributed by atoms with Gasteiger partial charge >= 0.3 is 11.4 Å². The Morgan fingerprint density at radius 2 is 1.50 bits per heavy atom. The van der Waals surface area contributed by atoms with Crippen LogP contribution in [0.3, 0.4) is 0 Å². The maximum absolute atomic E-state index is 10.4. The Morgan fingerprint density at radius 3 is 2.07 bits per heavy atom. The molecule has 0 radical (unpaired) electrons. The molecule has 0 aliphatic carbocycles. The first-order valence-electron chi connectivity index (χ1n) is 8.24. The molecule has 4 rings (SSSR count). The lowest BCUT2D eigenvalue weighted by molar-refractivity contribution is -0.404. The summed E-state index contributed by atoms with van der Waals surface area (Å²) in [5.74, 6) is -0.489. The molecule has 12 heteroatoms. The largest absolute Gasteiger partial charge is 0.497 e. The summed E-state index contributed by atoms with van der Waals surface area (Å²) in [6.07, 6.45) is 0. The number of rotatable bonds is 3. The molecule has 0 unspecified atom stereocenters. The van der Waals surface area contributed by atoms with E-state index in [-0.39, 0.29) is 0 Å². The zero-order valence-electron chi connectivity index (χ0n) is 15.2. The minimum atomic E-state index is -1.21. The van der Waals surface area contributed by atoms with E-state index < -0.39 is 37.6 Å². The van der Waals surface area contributed by atoms with Gasteiger partial charge < -0.3 is 9.52 Å². The van der Waals surface area contributed by atoms with Crippen LogP contribution in [0.1, 0.15) is 5.89 Å². The lowest BCUT2D eigenvalue weighted by Crippen LogP contribution is -1.97. The van der Waals surface area contributed by atoms with Crippen LogP contribution in [0.5, 0.6) is 5.75 Å². The van der Waals surface area contributed by atoms with Crippen LogP contribution in [0.4, 0.5) is 17.1 Å². The maximum atomic E-state index is 10.4. The van der Waals surface area contributed by atoms with E-state index in [9.17, 15) is 30.3 Å². The normalized spacial score (nSPS) is 10.4. The molecule has 30 heavy (non-hydrogen) atoms. The molecule has 0 amide bonds. The topological polar surface area (TPSA) is 176 Å². The van der Waals surface area contributed by atoms with E-state index >= 15 is 0 Å². The number of phenolic OH excluding ortho intramolecular Hbond substituents is 1. The van der Waals surface area contributed by atoms with E-state index in [0.717, 1.165) is 22.4 Å². The maximum Gasteiger partial charge on any atom is 0.324 e. The van der Waals surface area contributed by atoms with Crippen molar-refractivity contribution in [1.29, 1.82) is 0 Å². The number of phenols is 1. The van der Waals surface area contributed by atoms with Gasteiger partial charge in [0.1, 0.15) is 5.52 Å². The number of aryl methyl sites for hydroxylation is 1. The molecule has 152 valence electrons. The first kappa shape index (κ1) is 20.1. The van der Waals surface area contributed by atoms with E-state index in [4.69, 9.17) is 9.52 Å². The molecule has 0 saturated heterocycles. The van der Waals surface area contributed by atoms with Crippen LogP contribution in [0.25, 0.3) is 21.9 Å². The van der Waals surface area contributed by atoms with Gasteiger partial charge in [0.25, 0.3) is 11.4 Å². The van der Waals surface area contributed by atoms with E-state index in [2.05, 4.69) is 23.2 Å². The molecule has 0 spiro atoms. The van der Waals surface area contributed by atoms with Crippen LogP contribution >= 0.6 is 0 Å². The van der Waals surface area contributed by atoms with Crippen molar-refractivity contribution in [2.75, 3.05) is 0 Å². The zero-order chi connectivity index (χ0) is 22.0. The van der Waals surface area contributed by atoms with E-state index in [1.165, 1.54) is 5.39 Å². The number of hydrogen-bond donors (Lipinski definition) is 1. The Hall–Kier alpha value is -4.61. The van der Waals surface area contributed by atoms with E-state index in [0.29, 0.717) is 12.1 Å². The van der Waals surface area contributed by atoms with Crippen LogP contribution in [0.2, 0.25) is 0 Å². The summed E-state index contributed by atoms with van der Waals surface area (Å²) in [6, 6.07) is 13.1. The zero-order valence-corrected chi connectivity index (χ0v) is 15.2. The van der Waals surface area contributed by atoms with Gasteiger partial charge in [0.05, 0.1) is 26.9 Å². The van der Waals surface area contributed by atoms with Crippen molar-refractivity contribution >= 4 is 38.9 Å². The molecule has 0 saturated carbocycles. The highest BCUT2D eigenvalue weighted by Crippen LogP contribution is 2.39. The molecule has 1 aromatic heterocycles. The monoisotopic (exact) mass is 412 g/mol. The summed E-state index contributed by atoms with van der Waals surface area (Å²) < 4.78 is 5.57. The summed E-state index contributed by atoms with van der Waals surface area (Å²) >= 11 is 0. The number of hydrogen-bond acceptors (Lipinski definition) is 9. The van der Waals surface area contributed by atoms with Gasteiger partial charge in [0.15, 0.2) is 11.5 Å². The molecule has 12 nitrogen and oxygen atoms in total. The molecule has 1 heterocycles. The number of aromatic hydroxyl groups is 1. The molecule has 1 N–H and O–H groups in total. The van der Waals surface area contributed by atoms with Crippen LogP contribution in [0.15, 0.2) is 52.9 Å². The summed E-state index contributed by atoms with van der Waals surface area (Å²) in [5.41, 5.74) is -1.18. The standard InChI is InChI=1S/C12H9NO.C6H3N3O7/c1-8-13-11-7-6-9-4-2-3-5-10(9)12(11)14-8;10-6-4(8(13)14)1-3(7(11)12)2-5(6)9(15)16/h2-7H,1H3;1-2,10H. The van der Waals surface area contributed by atoms with Gasteiger partial charge in [-0.25, -0.2) is 4.98 Å². The second kappa shape index (κ2) is 7.79. The van der Waals surface area contributed by atoms with Crippen LogP contribution in [-0.2, 0) is 0 Å². The molecule has 0 aliphatic rings. The van der Waals surface area contributed by atoms with Crippen molar-refractivity contribution in [2.24, 2.45) is 0 Å². The Labute approximate surface area is 166 Å². The second-order valence-corrected chi connectivity index (χ2v) is 5.97. The van der Waals surface area contributed by atoms with Gasteiger partial charge in [-0.05, 0) is 11.5 Å². The quantitative estimate of drug-likeness (QED) is 0.377. The Morgan fingerprint density at radius 1 is 0.900 bits per heavy atom. The summed E-state index contributed by atoms with van der Waals surface area (Å²) in [5, 5.41) is 42.5. The third kappa shape index (κ3) is 3.82. The first-order chi connectivity index (χ1) is 14.2. The molecular formula is C18H12N4O8. The minimum absolute atomic E-state index is 0.447. The van der Waals surface area contributed by atoms with Gasteiger partial charge in [0.2, 0.25) is 0 Å². The number of oxazole rings is 1. The fraction of sp³-hybridized carbons (Fsp3) is 0.0556. The van der Waals surface area contributed by atoms with Crippen molar-refractivity contribution in [3.8, 4) is 5.75 Å². The first-order valence-corrected chi connectivity index (χ1v) is 8.24. The lowest BCUT2D eigenvalue weighted by Gasteiger charge is -1.97. The summed E-state index contributed by atoms with van der Waals surface area (Å²) in [4.78, 5) is 32.1. The third-order valence-electron chi connectivity index (χ3n) is 4.05. The van der Waals surface area contributed by atoms with Crippen molar-refractivity contribution in [3.63, 3.8) is 0 Å². The Kier molecular flexibility index (Phi) is 5.23. The van der Waals surface area contributed by atoms with Crippen LogP contribution < -0.4 is 0 Å². The second-order valence-electron chi connectivity index (χ2n) is 5.97. The highest BCUT2D eigenvalue weighted by atomic mass is 16.6. The highest BCUT2D eigenvalue weighted by molar-refractivity contribution is 6.02. The number of fused-ring (bicyclic) bond motifs is 3. The predicted molar refractivity (Wildman–Crippen MR) is 104 cm³/mol. The SMILES string of the molecule is Cc1nc2ccc3ccccc3c2o1.O=[N+]([O-])c1cc([N+](=O)[O-])c(O)c([N+](=O)[O-])c1. The fourth-order valence-corrected chi connectivity index (χ4v) is 2.74. The van der Waals surface area contributed by atoms with Gasteiger partial charge in [-0.1, -0.05) is 30.3 Å². The van der Waals surface area contributed by atoms with Crippen molar-refractivity contribution in [1.82, 2.24) is 4.98 Å². The molecule has 0 aliphatic heterocycles. The fourth-order valence-electron chi connectivity index (χ4n) is 2.74. The van der Waals surface area contributed by atoms with Crippen molar-refractivity contribution in [3.05, 3.63) is 84.8 Å². The third-order valence-corrected chi connectivity index (χ3v) is 4.05. The molecule has 0 bridgehead atoms. The number of nitro benzene ring substituents is 3. The Balaban J connectivity index is 0.000000171. The smallest absolute Gasteiger partial charge is 0.324 e. The predicted octanol–water partition coefficient (Wildman–Crippen LogP) is 4.41. The minimum Gasteiger partial charge on any atom is -0.497 e. The molecular weight excluding hydrogens is 400 g/mol. The molecule has 3 aromatic carbocycles. The van der Waals surface area contributed by atoms with Gasteiger partial charge in [-0.3, -0.25) is 30.3 Å². The highest BCUT2D eigenvalue weighted by Gasteiger charge is 2.30. The number of benzene rings is 3. The number of non-ortho nitro benzene ring substituents is 1.